The van der Waals surface area contributed by atoms with Gasteiger partial charge in [-0.15, -0.1) is 0 Å². The number of aromatic nitrogens is 2. The van der Waals surface area contributed by atoms with Gasteiger partial charge in [0.15, 0.2) is 5.69 Å². The molecule has 0 saturated carbocycles. The molecule has 1 N–H and O–H groups in total. The number of hydrogen-bond donors (Lipinski definition) is 1. The van der Waals surface area contributed by atoms with Crippen molar-refractivity contribution in [2.75, 3.05) is 0 Å². The normalized spacial score (nSPS) is 9.48. The van der Waals surface area contributed by atoms with Crippen molar-refractivity contribution in [3.8, 4) is 11.8 Å². The van der Waals surface area contributed by atoms with Crippen LogP contribution in [0.4, 0.5) is 17.1 Å². The molecule has 1 aromatic heterocycles. The maximum Gasteiger partial charge on any atom is 0.324 e. The summed E-state index contributed by atoms with van der Waals surface area (Å²) in [5.41, 5.74) is -2.52. The zero-order valence-corrected chi connectivity index (χ0v) is 12.8. The lowest BCUT2D eigenvalue weighted by molar-refractivity contribution is -0.404. The molecule has 0 aliphatic heterocycles. The molecular formula is C12H10N6O7. The van der Waals surface area contributed by atoms with Gasteiger partial charge in [-0.25, -0.2) is 4.98 Å². The van der Waals surface area contributed by atoms with Crippen molar-refractivity contribution in [1.29, 1.82) is 5.26 Å². The minimum atomic E-state index is -1.21. The zero-order chi connectivity index (χ0) is 19.3. The summed E-state index contributed by atoms with van der Waals surface area (Å²) in [7, 11) is 1.86. The Bertz CT molecular complexity index is 843. The van der Waals surface area contributed by atoms with Gasteiger partial charge in [-0.1, -0.05) is 0 Å². The third-order valence-electron chi connectivity index (χ3n) is 2.88. The lowest BCUT2D eigenvalue weighted by atomic mass is 10.2. The Morgan fingerprint density at radius 3 is 1.84 bits per heavy atom. The number of nitrogens with zero attached hydrogens (tertiary/aromatic N) is 6. The first-order valence-corrected chi connectivity index (χ1v) is 6.28. The molecule has 0 aliphatic carbocycles. The summed E-state index contributed by atoms with van der Waals surface area (Å²) in [6, 6.07) is 2.85. The molecule has 25 heavy (non-hydrogen) atoms. The molecule has 0 radical (unpaired) electrons. The number of imidazole rings is 1. The second-order valence-corrected chi connectivity index (χ2v) is 4.50. The van der Waals surface area contributed by atoms with E-state index in [1.807, 2.05) is 24.6 Å². The van der Waals surface area contributed by atoms with E-state index in [1.165, 1.54) is 0 Å². The number of nitro benzene ring substituents is 3. The van der Waals surface area contributed by atoms with Gasteiger partial charge in [0, 0.05) is 13.2 Å². The van der Waals surface area contributed by atoms with Gasteiger partial charge < -0.3 is 9.67 Å². The molecule has 0 bridgehead atoms. The first-order chi connectivity index (χ1) is 11.6. The van der Waals surface area contributed by atoms with E-state index in [2.05, 4.69) is 4.98 Å². The van der Waals surface area contributed by atoms with E-state index in [0.29, 0.717) is 17.8 Å². The maximum absolute atomic E-state index is 10.4. The van der Waals surface area contributed by atoms with Gasteiger partial charge in [-0.2, -0.15) is 5.26 Å². The number of non-ortho nitro benzene ring substituents is 1. The van der Waals surface area contributed by atoms with Crippen LogP contribution in [0.2, 0.25) is 0 Å². The first-order valence-electron chi connectivity index (χ1n) is 6.28. The molecule has 0 fully saturated rings. The van der Waals surface area contributed by atoms with E-state index in [4.69, 9.17) is 10.4 Å². The highest BCUT2D eigenvalue weighted by Crippen LogP contribution is 2.38. The average molecular weight is 350 g/mol. The van der Waals surface area contributed by atoms with Crippen LogP contribution in [0.1, 0.15) is 11.5 Å². The Morgan fingerprint density at radius 2 is 1.60 bits per heavy atom. The minimum Gasteiger partial charge on any atom is -0.497 e. The molecule has 13 nitrogen and oxygen atoms in total. The fraction of sp³-hybridized carbons (Fsp3) is 0.167. The standard InChI is InChI=1S/C6H3N3O7.C6H7N3/c10-6-4(8(13)14)1-3(7(11)12)2-5(6)9(15)16;1-5-8-6(3-7)4-9(5)2/h1-2,10H;4H,1-2H3. The number of aryl methyl sites for hydroxylation is 2. The van der Waals surface area contributed by atoms with Crippen LogP contribution in [0, 0.1) is 48.6 Å². The van der Waals surface area contributed by atoms with E-state index in [1.54, 1.807) is 6.20 Å². The summed E-state index contributed by atoms with van der Waals surface area (Å²) in [6.07, 6.45) is 1.70. The molecule has 130 valence electrons. The number of hydrogen-bond acceptors (Lipinski definition) is 9. The molecule has 1 aromatic carbocycles. The van der Waals surface area contributed by atoms with Crippen molar-refractivity contribution in [2.24, 2.45) is 7.05 Å². The van der Waals surface area contributed by atoms with E-state index < -0.39 is 37.6 Å². The van der Waals surface area contributed by atoms with Gasteiger partial charge in [-0.05, 0) is 6.92 Å². The van der Waals surface area contributed by atoms with Crippen LogP contribution >= 0.6 is 0 Å². The molecule has 0 amide bonds. The predicted octanol–water partition coefficient (Wildman–Crippen LogP) is 1.72. The molecule has 0 spiro atoms. The minimum absolute atomic E-state index is 0.447. The molecule has 0 aliphatic rings. The van der Waals surface area contributed by atoms with Crippen molar-refractivity contribution < 1.29 is 19.9 Å². The van der Waals surface area contributed by atoms with Gasteiger partial charge in [0.2, 0.25) is 0 Å². The monoisotopic (exact) mass is 350 g/mol. The number of aromatic hydroxyl groups is 1. The Labute approximate surface area is 138 Å². The summed E-state index contributed by atoms with van der Waals surface area (Å²) >= 11 is 0. The largest absolute Gasteiger partial charge is 0.497 e. The van der Waals surface area contributed by atoms with Crippen LogP contribution in [0.15, 0.2) is 18.3 Å². The van der Waals surface area contributed by atoms with Gasteiger partial charge in [0.25, 0.3) is 11.4 Å². The van der Waals surface area contributed by atoms with Crippen molar-refractivity contribution in [3.63, 3.8) is 0 Å². The third-order valence-corrected chi connectivity index (χ3v) is 2.88. The Kier molecular flexibility index (Phi) is 5.66. The maximum atomic E-state index is 10.4. The highest BCUT2D eigenvalue weighted by atomic mass is 16.6. The Morgan fingerprint density at radius 1 is 1.12 bits per heavy atom. The molecule has 0 saturated heterocycles. The number of nitro groups is 3. The third kappa shape index (κ3) is 4.45. The van der Waals surface area contributed by atoms with Crippen molar-refractivity contribution >= 4 is 17.1 Å². The van der Waals surface area contributed by atoms with Gasteiger partial charge in [0.1, 0.15) is 11.9 Å². The van der Waals surface area contributed by atoms with Gasteiger partial charge >= 0.3 is 11.4 Å². The topological polar surface area (TPSA) is 191 Å². The average Bonchev–Trinajstić information content (AvgIpc) is 2.86. The van der Waals surface area contributed by atoms with Crippen LogP contribution in [0.25, 0.3) is 0 Å². The second kappa shape index (κ2) is 7.46. The van der Waals surface area contributed by atoms with Crippen LogP contribution in [0.5, 0.6) is 5.75 Å². The Hall–Kier alpha value is -4.08. The van der Waals surface area contributed by atoms with E-state index in [0.717, 1.165) is 5.82 Å². The number of nitriles is 1. The fourth-order valence-electron chi connectivity index (χ4n) is 1.59. The molecule has 2 aromatic rings. The number of phenolic OH excluding ortho intramolecular Hbond substituents is 1. The van der Waals surface area contributed by atoms with Crippen LogP contribution in [-0.2, 0) is 7.05 Å². The summed E-state index contributed by atoms with van der Waals surface area (Å²) in [5, 5.41) is 48.6. The predicted molar refractivity (Wildman–Crippen MR) is 80.7 cm³/mol. The lowest BCUT2D eigenvalue weighted by Crippen LogP contribution is -1.97. The highest BCUT2D eigenvalue weighted by Gasteiger charge is 2.30. The summed E-state index contributed by atoms with van der Waals surface area (Å²) in [4.78, 5) is 31.7. The Balaban J connectivity index is 0.000000293. The van der Waals surface area contributed by atoms with Crippen LogP contribution < -0.4 is 0 Å². The molecule has 13 heteroatoms. The molecular weight excluding hydrogens is 340 g/mol. The van der Waals surface area contributed by atoms with Crippen molar-refractivity contribution in [1.82, 2.24) is 9.55 Å². The number of rotatable bonds is 3. The first kappa shape index (κ1) is 19.0. The van der Waals surface area contributed by atoms with Crippen molar-refractivity contribution in [2.45, 2.75) is 6.92 Å². The molecule has 0 unspecified atom stereocenters. The number of benzene rings is 1. The fourth-order valence-corrected chi connectivity index (χ4v) is 1.59. The lowest BCUT2D eigenvalue weighted by Gasteiger charge is -1.97. The zero-order valence-electron chi connectivity index (χ0n) is 12.8. The smallest absolute Gasteiger partial charge is 0.324 e. The van der Waals surface area contributed by atoms with Gasteiger partial charge in [-0.3, -0.25) is 30.3 Å². The van der Waals surface area contributed by atoms with Gasteiger partial charge in [0.05, 0.1) is 26.9 Å². The van der Waals surface area contributed by atoms with E-state index in [-0.39, 0.29) is 0 Å². The van der Waals surface area contributed by atoms with Crippen LogP contribution in [0.3, 0.4) is 0 Å². The summed E-state index contributed by atoms with van der Waals surface area (Å²) < 4.78 is 1.82. The molecule has 2 rings (SSSR count). The molecule has 1 heterocycles. The second-order valence-electron chi connectivity index (χ2n) is 4.50. The highest BCUT2D eigenvalue weighted by molar-refractivity contribution is 5.64. The quantitative estimate of drug-likeness (QED) is 0.633. The van der Waals surface area contributed by atoms with E-state index in [9.17, 15) is 30.3 Å². The van der Waals surface area contributed by atoms with Crippen molar-refractivity contribution in [3.05, 3.63) is 60.2 Å². The van der Waals surface area contributed by atoms with Crippen LogP contribution in [-0.4, -0.2) is 29.4 Å². The summed E-state index contributed by atoms with van der Waals surface area (Å²) in [5.74, 6) is -0.341. The molecule has 0 atom stereocenters. The van der Waals surface area contributed by atoms with E-state index >= 15 is 0 Å². The summed E-state index contributed by atoms with van der Waals surface area (Å²) in [6.45, 7) is 1.86. The number of phenols is 1. The SMILES string of the molecule is Cc1nc(C#N)cn1C.O=[N+]([O-])c1cc([N+](=O)[O-])c(O)c([N+](=O)[O-])c1.